The fraction of sp³-hybridized carbons (Fsp3) is 0.0588. The molecule has 21 heavy (non-hydrogen) atoms. The van der Waals surface area contributed by atoms with E-state index in [1.807, 2.05) is 54.6 Å². The zero-order chi connectivity index (χ0) is 14.7. The predicted octanol–water partition coefficient (Wildman–Crippen LogP) is 4.38. The zero-order valence-corrected chi connectivity index (χ0v) is 12.8. The maximum atomic E-state index is 12.4. The van der Waals surface area contributed by atoms with Crippen LogP contribution in [0, 0.1) is 0 Å². The van der Waals surface area contributed by atoms with E-state index in [-0.39, 0.29) is 5.91 Å². The number of halogens is 1. The van der Waals surface area contributed by atoms with Gasteiger partial charge in [0, 0.05) is 28.2 Å². The Labute approximate surface area is 131 Å². The van der Waals surface area contributed by atoms with Gasteiger partial charge < -0.3 is 5.32 Å². The van der Waals surface area contributed by atoms with Crippen molar-refractivity contribution < 1.29 is 4.79 Å². The minimum Gasteiger partial charge on any atom is -0.322 e. The molecule has 3 aromatic rings. The summed E-state index contributed by atoms with van der Waals surface area (Å²) in [6, 6.07) is 17.1. The summed E-state index contributed by atoms with van der Waals surface area (Å²) < 4.78 is 0. The molecular weight excluding hydrogens is 328 g/mol. The largest absolute Gasteiger partial charge is 0.322 e. The first-order valence-electron chi connectivity index (χ1n) is 6.58. The van der Waals surface area contributed by atoms with Crippen LogP contribution < -0.4 is 5.32 Å². The Bertz CT molecular complexity index is 779. The van der Waals surface area contributed by atoms with Crippen molar-refractivity contribution in [2.24, 2.45) is 0 Å². The molecule has 0 saturated heterocycles. The minimum atomic E-state index is -0.125. The van der Waals surface area contributed by atoms with Gasteiger partial charge in [-0.1, -0.05) is 40.2 Å². The molecule has 0 saturated carbocycles. The molecule has 1 heterocycles. The molecule has 4 heteroatoms. The molecule has 1 amide bonds. The highest BCUT2D eigenvalue weighted by Gasteiger charge is 2.10. The SMILES string of the molecule is O=C(Nc1ccc(CBr)cc1)c1cccc2ncccc12. The van der Waals surface area contributed by atoms with Crippen molar-refractivity contribution in [2.75, 3.05) is 5.32 Å². The van der Waals surface area contributed by atoms with Gasteiger partial charge in [-0.2, -0.15) is 0 Å². The summed E-state index contributed by atoms with van der Waals surface area (Å²) in [5.74, 6) is -0.125. The van der Waals surface area contributed by atoms with Crippen LogP contribution in [0.15, 0.2) is 60.8 Å². The van der Waals surface area contributed by atoms with Crippen LogP contribution in [0.3, 0.4) is 0 Å². The van der Waals surface area contributed by atoms with E-state index in [9.17, 15) is 4.79 Å². The molecule has 0 spiro atoms. The summed E-state index contributed by atoms with van der Waals surface area (Å²) in [6.07, 6.45) is 1.73. The molecule has 0 fully saturated rings. The lowest BCUT2D eigenvalue weighted by atomic mass is 10.1. The Morgan fingerprint density at radius 3 is 2.62 bits per heavy atom. The lowest BCUT2D eigenvalue weighted by Gasteiger charge is -2.08. The lowest BCUT2D eigenvalue weighted by Crippen LogP contribution is -2.12. The molecule has 0 aliphatic heterocycles. The van der Waals surface area contributed by atoms with Crippen molar-refractivity contribution in [3.63, 3.8) is 0 Å². The van der Waals surface area contributed by atoms with Crippen LogP contribution in [0.2, 0.25) is 0 Å². The third kappa shape index (κ3) is 2.95. The maximum absolute atomic E-state index is 12.4. The Morgan fingerprint density at radius 1 is 1.05 bits per heavy atom. The smallest absolute Gasteiger partial charge is 0.256 e. The topological polar surface area (TPSA) is 42.0 Å². The molecule has 1 N–H and O–H groups in total. The van der Waals surface area contributed by atoms with E-state index in [1.54, 1.807) is 6.20 Å². The summed E-state index contributed by atoms with van der Waals surface area (Å²) in [5.41, 5.74) is 3.40. The molecule has 104 valence electrons. The molecule has 3 nitrogen and oxygen atoms in total. The number of hydrogen-bond acceptors (Lipinski definition) is 2. The number of nitrogens with one attached hydrogen (secondary N) is 1. The number of carbonyl (C=O) groups excluding carboxylic acids is 1. The zero-order valence-electron chi connectivity index (χ0n) is 11.2. The first-order valence-corrected chi connectivity index (χ1v) is 7.70. The molecule has 3 rings (SSSR count). The third-order valence-electron chi connectivity index (χ3n) is 3.26. The number of pyridine rings is 1. The summed E-state index contributed by atoms with van der Waals surface area (Å²) in [7, 11) is 0. The van der Waals surface area contributed by atoms with Gasteiger partial charge in [0.1, 0.15) is 0 Å². The molecule has 0 unspecified atom stereocenters. The van der Waals surface area contributed by atoms with Crippen molar-refractivity contribution in [1.82, 2.24) is 4.98 Å². The Kier molecular flexibility index (Phi) is 3.97. The molecule has 0 aliphatic rings. The van der Waals surface area contributed by atoms with Crippen molar-refractivity contribution in [3.05, 3.63) is 71.9 Å². The second-order valence-corrected chi connectivity index (χ2v) is 5.22. The quantitative estimate of drug-likeness (QED) is 0.718. The van der Waals surface area contributed by atoms with Gasteiger partial charge in [-0.3, -0.25) is 9.78 Å². The number of amides is 1. The van der Waals surface area contributed by atoms with Crippen LogP contribution in [-0.2, 0) is 5.33 Å². The second-order valence-electron chi connectivity index (χ2n) is 4.66. The number of anilines is 1. The number of fused-ring (bicyclic) bond motifs is 1. The molecule has 2 aromatic carbocycles. The average Bonchev–Trinajstić information content (AvgIpc) is 2.55. The van der Waals surface area contributed by atoms with Gasteiger partial charge in [0.15, 0.2) is 0 Å². The third-order valence-corrected chi connectivity index (χ3v) is 3.90. The highest BCUT2D eigenvalue weighted by Crippen LogP contribution is 2.18. The summed E-state index contributed by atoms with van der Waals surface area (Å²) >= 11 is 3.40. The van der Waals surface area contributed by atoms with Gasteiger partial charge in [0.2, 0.25) is 0 Å². The van der Waals surface area contributed by atoms with Crippen LogP contribution >= 0.6 is 15.9 Å². The molecule has 0 radical (unpaired) electrons. The van der Waals surface area contributed by atoms with Gasteiger partial charge in [0.25, 0.3) is 5.91 Å². The molecule has 1 aromatic heterocycles. The first-order chi connectivity index (χ1) is 10.3. The van der Waals surface area contributed by atoms with E-state index in [1.165, 1.54) is 5.56 Å². The molecule has 0 bridgehead atoms. The van der Waals surface area contributed by atoms with E-state index < -0.39 is 0 Å². The van der Waals surface area contributed by atoms with Crippen LogP contribution in [0.4, 0.5) is 5.69 Å². The number of benzene rings is 2. The van der Waals surface area contributed by atoms with Crippen molar-refractivity contribution in [2.45, 2.75) is 5.33 Å². The number of alkyl halides is 1. The van der Waals surface area contributed by atoms with Crippen molar-refractivity contribution >= 4 is 38.4 Å². The summed E-state index contributed by atoms with van der Waals surface area (Å²) in [5, 5.41) is 4.58. The van der Waals surface area contributed by atoms with Gasteiger partial charge >= 0.3 is 0 Å². The molecule has 0 atom stereocenters. The van der Waals surface area contributed by atoms with Gasteiger partial charge in [-0.05, 0) is 35.9 Å². The Morgan fingerprint density at radius 2 is 1.86 bits per heavy atom. The number of rotatable bonds is 3. The number of aromatic nitrogens is 1. The van der Waals surface area contributed by atoms with Crippen LogP contribution in [0.1, 0.15) is 15.9 Å². The van der Waals surface area contributed by atoms with Crippen LogP contribution in [0.5, 0.6) is 0 Å². The fourth-order valence-corrected chi connectivity index (χ4v) is 2.55. The summed E-state index contributed by atoms with van der Waals surface area (Å²) in [4.78, 5) is 16.7. The monoisotopic (exact) mass is 340 g/mol. The van der Waals surface area contributed by atoms with E-state index in [0.29, 0.717) is 5.56 Å². The Hall–Kier alpha value is -2.20. The standard InChI is InChI=1S/C17H13BrN2O/c18-11-12-6-8-13(9-7-12)20-17(21)15-3-1-5-16-14(15)4-2-10-19-16/h1-10H,11H2,(H,20,21). The highest BCUT2D eigenvalue weighted by molar-refractivity contribution is 9.08. The number of nitrogens with zero attached hydrogens (tertiary/aromatic N) is 1. The van der Waals surface area contributed by atoms with Gasteiger partial charge in [-0.15, -0.1) is 0 Å². The maximum Gasteiger partial charge on any atom is 0.256 e. The fourth-order valence-electron chi connectivity index (χ4n) is 2.18. The normalized spacial score (nSPS) is 10.5. The second kappa shape index (κ2) is 6.06. The van der Waals surface area contributed by atoms with E-state index in [0.717, 1.165) is 21.9 Å². The van der Waals surface area contributed by atoms with Crippen molar-refractivity contribution in [3.8, 4) is 0 Å². The van der Waals surface area contributed by atoms with E-state index in [4.69, 9.17) is 0 Å². The molecular formula is C17H13BrN2O. The first kappa shape index (κ1) is 13.8. The lowest BCUT2D eigenvalue weighted by molar-refractivity contribution is 0.102. The number of hydrogen-bond donors (Lipinski definition) is 1. The number of carbonyl (C=O) groups is 1. The van der Waals surface area contributed by atoms with Gasteiger partial charge in [0.05, 0.1) is 5.52 Å². The van der Waals surface area contributed by atoms with E-state index >= 15 is 0 Å². The van der Waals surface area contributed by atoms with Crippen molar-refractivity contribution in [1.29, 1.82) is 0 Å². The Balaban J connectivity index is 1.90. The highest BCUT2D eigenvalue weighted by atomic mass is 79.9. The average molecular weight is 341 g/mol. The predicted molar refractivity (Wildman–Crippen MR) is 88.8 cm³/mol. The van der Waals surface area contributed by atoms with Gasteiger partial charge in [-0.25, -0.2) is 0 Å². The minimum absolute atomic E-state index is 0.125. The van der Waals surface area contributed by atoms with Crippen LogP contribution in [-0.4, -0.2) is 10.9 Å². The van der Waals surface area contributed by atoms with Crippen LogP contribution in [0.25, 0.3) is 10.9 Å². The summed E-state index contributed by atoms with van der Waals surface area (Å²) in [6.45, 7) is 0. The molecule has 0 aliphatic carbocycles. The van der Waals surface area contributed by atoms with E-state index in [2.05, 4.69) is 26.2 Å².